The molecule has 0 amide bonds. The quantitative estimate of drug-likeness (QED) is 0.659. The first-order chi connectivity index (χ1) is 13.3. The summed E-state index contributed by atoms with van der Waals surface area (Å²) in [4.78, 5) is 0.293. The lowest BCUT2D eigenvalue weighted by Crippen LogP contribution is -2.30. The van der Waals surface area contributed by atoms with Gasteiger partial charge in [0.15, 0.2) is 0 Å². The second-order valence-corrected chi connectivity index (χ2v) is 8.62. The number of methoxy groups -OCH3 is 1. The molecule has 28 heavy (non-hydrogen) atoms. The van der Waals surface area contributed by atoms with Gasteiger partial charge in [0.2, 0.25) is 10.0 Å². The van der Waals surface area contributed by atoms with E-state index in [1.807, 2.05) is 61.5 Å². The van der Waals surface area contributed by atoms with Crippen molar-refractivity contribution >= 4 is 10.0 Å². The van der Waals surface area contributed by atoms with Gasteiger partial charge in [-0.05, 0) is 55.2 Å². The first-order valence-corrected chi connectivity index (χ1v) is 10.6. The molecule has 3 rings (SSSR count). The minimum Gasteiger partial charge on any atom is -0.497 e. The van der Waals surface area contributed by atoms with Crippen LogP contribution in [0.5, 0.6) is 5.75 Å². The third-order valence-electron chi connectivity index (χ3n) is 4.75. The Morgan fingerprint density at radius 1 is 0.821 bits per heavy atom. The molecule has 3 aromatic rings. The average molecular weight is 396 g/mol. The van der Waals surface area contributed by atoms with Gasteiger partial charge in [-0.25, -0.2) is 8.42 Å². The highest BCUT2D eigenvalue weighted by atomic mass is 32.2. The van der Waals surface area contributed by atoms with Crippen molar-refractivity contribution in [3.63, 3.8) is 0 Å². The molecule has 1 atom stereocenters. The van der Waals surface area contributed by atoms with Crippen molar-refractivity contribution in [3.05, 3.63) is 94.5 Å². The largest absolute Gasteiger partial charge is 0.497 e. The van der Waals surface area contributed by atoms with Gasteiger partial charge < -0.3 is 4.74 Å². The zero-order valence-corrected chi connectivity index (χ0v) is 17.4. The molecule has 0 saturated heterocycles. The first kappa shape index (κ1) is 20.1. The normalized spacial score (nSPS) is 12.6. The lowest BCUT2D eigenvalue weighted by atomic mass is 9.99. The molecule has 0 aliphatic rings. The van der Waals surface area contributed by atoms with Crippen LogP contribution in [-0.4, -0.2) is 15.5 Å². The average Bonchev–Trinajstić information content (AvgIpc) is 2.67. The molecular formula is C23H25NO3S. The van der Waals surface area contributed by atoms with Crippen LogP contribution in [0.3, 0.4) is 0 Å². The Bertz CT molecular complexity index is 1040. The first-order valence-electron chi connectivity index (χ1n) is 9.11. The lowest BCUT2D eigenvalue weighted by Gasteiger charge is -2.22. The third-order valence-corrected chi connectivity index (χ3v) is 6.48. The van der Waals surface area contributed by atoms with Gasteiger partial charge >= 0.3 is 0 Å². The van der Waals surface area contributed by atoms with Crippen LogP contribution in [0.25, 0.3) is 0 Å². The monoisotopic (exact) mass is 395 g/mol. The molecule has 0 aromatic heterocycles. The van der Waals surface area contributed by atoms with Gasteiger partial charge in [0, 0.05) is 0 Å². The van der Waals surface area contributed by atoms with E-state index in [0.29, 0.717) is 21.8 Å². The number of nitrogens with one attached hydrogen (secondary N) is 1. The van der Waals surface area contributed by atoms with Gasteiger partial charge in [-0.1, -0.05) is 60.2 Å². The van der Waals surface area contributed by atoms with E-state index >= 15 is 0 Å². The standard InChI is InChI=1S/C23H25NO3S/c1-16-10-12-20(13-11-16)22(19-8-6-5-7-9-19)24-28(25,26)23-17(2)14-21(27-4)15-18(23)3/h5-15,22,24H,1-4H3. The van der Waals surface area contributed by atoms with Crippen LogP contribution in [0, 0.1) is 20.8 Å². The topological polar surface area (TPSA) is 55.4 Å². The van der Waals surface area contributed by atoms with Crippen molar-refractivity contribution in [2.24, 2.45) is 0 Å². The van der Waals surface area contributed by atoms with E-state index in [0.717, 1.165) is 16.7 Å². The van der Waals surface area contributed by atoms with E-state index in [-0.39, 0.29) is 0 Å². The molecule has 1 N–H and O–H groups in total. The molecule has 0 fully saturated rings. The highest BCUT2D eigenvalue weighted by Gasteiger charge is 2.26. The van der Waals surface area contributed by atoms with Gasteiger partial charge in [0.25, 0.3) is 0 Å². The zero-order chi connectivity index (χ0) is 20.3. The molecule has 0 radical (unpaired) electrons. The molecule has 0 spiro atoms. The second-order valence-electron chi connectivity index (χ2n) is 6.97. The molecule has 0 bridgehead atoms. The molecule has 0 aliphatic heterocycles. The molecule has 4 nitrogen and oxygen atoms in total. The Morgan fingerprint density at radius 3 is 1.89 bits per heavy atom. The molecule has 5 heteroatoms. The third kappa shape index (κ3) is 4.26. The van der Waals surface area contributed by atoms with Gasteiger partial charge in [0.05, 0.1) is 18.0 Å². The van der Waals surface area contributed by atoms with Crippen LogP contribution >= 0.6 is 0 Å². The van der Waals surface area contributed by atoms with Crippen molar-refractivity contribution in [3.8, 4) is 5.75 Å². The summed E-state index contributed by atoms with van der Waals surface area (Å²) in [5.41, 5.74) is 4.21. The minimum absolute atomic E-state index is 0.293. The number of benzene rings is 3. The van der Waals surface area contributed by atoms with Crippen LogP contribution in [-0.2, 0) is 10.0 Å². The fourth-order valence-corrected chi connectivity index (χ4v) is 5.07. The Kier molecular flexibility index (Phi) is 5.87. The number of sulfonamides is 1. The fourth-order valence-electron chi connectivity index (χ4n) is 3.40. The fraction of sp³-hybridized carbons (Fsp3) is 0.217. The zero-order valence-electron chi connectivity index (χ0n) is 16.6. The van der Waals surface area contributed by atoms with Crippen LogP contribution in [0.2, 0.25) is 0 Å². The summed E-state index contributed by atoms with van der Waals surface area (Å²) in [5.74, 6) is 0.645. The van der Waals surface area contributed by atoms with Gasteiger partial charge in [-0.3, -0.25) is 0 Å². The number of hydrogen-bond acceptors (Lipinski definition) is 3. The Balaban J connectivity index is 2.07. The van der Waals surface area contributed by atoms with Crippen molar-refractivity contribution in [1.29, 1.82) is 0 Å². The lowest BCUT2D eigenvalue weighted by molar-refractivity contribution is 0.413. The van der Waals surface area contributed by atoms with Crippen LogP contribution in [0.4, 0.5) is 0 Å². The van der Waals surface area contributed by atoms with Crippen molar-refractivity contribution in [2.75, 3.05) is 7.11 Å². The Labute approximate surface area is 167 Å². The summed E-state index contributed by atoms with van der Waals surface area (Å²) in [6, 6.07) is 20.5. The number of hydrogen-bond donors (Lipinski definition) is 1. The maximum absolute atomic E-state index is 13.3. The summed E-state index contributed by atoms with van der Waals surface area (Å²) in [5, 5.41) is 0. The summed E-state index contributed by atoms with van der Waals surface area (Å²) in [6.07, 6.45) is 0. The van der Waals surface area contributed by atoms with E-state index in [4.69, 9.17) is 4.74 Å². The van der Waals surface area contributed by atoms with Crippen LogP contribution in [0.15, 0.2) is 71.6 Å². The second kappa shape index (κ2) is 8.17. The van der Waals surface area contributed by atoms with Gasteiger partial charge in [0.1, 0.15) is 5.75 Å². The van der Waals surface area contributed by atoms with Crippen molar-refractivity contribution < 1.29 is 13.2 Å². The molecule has 1 unspecified atom stereocenters. The smallest absolute Gasteiger partial charge is 0.241 e. The maximum Gasteiger partial charge on any atom is 0.241 e. The van der Waals surface area contributed by atoms with E-state index in [1.54, 1.807) is 33.1 Å². The number of aryl methyl sites for hydroxylation is 3. The molecule has 0 saturated carbocycles. The summed E-state index contributed by atoms with van der Waals surface area (Å²) >= 11 is 0. The van der Waals surface area contributed by atoms with E-state index in [1.165, 1.54) is 0 Å². The van der Waals surface area contributed by atoms with Crippen LogP contribution in [0.1, 0.15) is 33.9 Å². The summed E-state index contributed by atoms with van der Waals surface area (Å²) in [6.45, 7) is 5.58. The van der Waals surface area contributed by atoms with E-state index in [9.17, 15) is 8.42 Å². The van der Waals surface area contributed by atoms with E-state index < -0.39 is 16.1 Å². The van der Waals surface area contributed by atoms with E-state index in [2.05, 4.69) is 4.72 Å². The molecule has 3 aromatic carbocycles. The van der Waals surface area contributed by atoms with Crippen LogP contribution < -0.4 is 9.46 Å². The summed E-state index contributed by atoms with van der Waals surface area (Å²) in [7, 11) is -2.18. The summed E-state index contributed by atoms with van der Waals surface area (Å²) < 4.78 is 34.9. The van der Waals surface area contributed by atoms with Crippen molar-refractivity contribution in [1.82, 2.24) is 4.72 Å². The Morgan fingerprint density at radius 2 is 1.36 bits per heavy atom. The molecule has 0 heterocycles. The van der Waals surface area contributed by atoms with Gasteiger partial charge in [-0.15, -0.1) is 0 Å². The van der Waals surface area contributed by atoms with Gasteiger partial charge in [-0.2, -0.15) is 4.72 Å². The predicted octanol–water partition coefficient (Wildman–Crippen LogP) is 4.69. The number of rotatable bonds is 6. The highest BCUT2D eigenvalue weighted by molar-refractivity contribution is 7.89. The van der Waals surface area contributed by atoms with Crippen molar-refractivity contribution in [2.45, 2.75) is 31.7 Å². The molecule has 146 valence electrons. The predicted molar refractivity (Wildman–Crippen MR) is 112 cm³/mol. The number of ether oxygens (including phenoxy) is 1. The maximum atomic E-state index is 13.3. The molecular weight excluding hydrogens is 370 g/mol. The minimum atomic E-state index is -3.76. The SMILES string of the molecule is COc1cc(C)c(S(=O)(=O)NC(c2ccccc2)c2ccc(C)cc2)c(C)c1. The molecule has 0 aliphatic carbocycles. The Hall–Kier alpha value is -2.63. The highest BCUT2D eigenvalue weighted by Crippen LogP contribution is 2.29.